The highest BCUT2D eigenvalue weighted by molar-refractivity contribution is 7.28. The molecule has 0 aliphatic heterocycles. The average molecular weight is 539 g/mol. The van der Waals surface area contributed by atoms with Crippen LogP contribution in [0.25, 0.3) is 33.4 Å². The van der Waals surface area contributed by atoms with Gasteiger partial charge in [-0.25, -0.2) is 8.78 Å². The molecule has 2 aliphatic rings. The van der Waals surface area contributed by atoms with E-state index in [0.717, 1.165) is 22.3 Å². The van der Waals surface area contributed by atoms with E-state index >= 15 is 8.78 Å². The lowest BCUT2D eigenvalue weighted by atomic mass is 9.74. The van der Waals surface area contributed by atoms with Gasteiger partial charge in [-0.1, -0.05) is 105 Å². The van der Waals surface area contributed by atoms with E-state index in [-0.39, 0.29) is 11.6 Å². The molecule has 6 rings (SSSR count). The van der Waals surface area contributed by atoms with E-state index < -0.39 is 0 Å². The fraction of sp³-hybridized carbons (Fsp3) is 0.333. The monoisotopic (exact) mass is 538 g/mol. The van der Waals surface area contributed by atoms with Gasteiger partial charge in [-0.3, -0.25) is 0 Å². The van der Waals surface area contributed by atoms with Crippen LogP contribution in [0.4, 0.5) is 8.78 Å². The Hall–Kier alpha value is -2.83. The van der Waals surface area contributed by atoms with Crippen LogP contribution in [-0.4, -0.2) is 0 Å². The van der Waals surface area contributed by atoms with Crippen LogP contribution < -0.4 is 5.30 Å². The van der Waals surface area contributed by atoms with Crippen molar-refractivity contribution in [1.82, 2.24) is 0 Å². The minimum absolute atomic E-state index is 0.263. The molecular weight excluding hydrogens is 501 g/mol. The number of hydrogen-bond donors (Lipinski definition) is 0. The Morgan fingerprint density at radius 1 is 0.487 bits per heavy atom. The first kappa shape index (κ1) is 26.4. The first-order valence-electron chi connectivity index (χ1n) is 14.7. The summed E-state index contributed by atoms with van der Waals surface area (Å²) < 4.78 is 30.6. The molecule has 39 heavy (non-hydrogen) atoms. The first-order valence-corrected chi connectivity index (χ1v) is 15.3. The Labute approximate surface area is 234 Å². The van der Waals surface area contributed by atoms with Crippen molar-refractivity contribution in [2.75, 3.05) is 0 Å². The molecule has 0 bridgehead atoms. The zero-order chi connectivity index (χ0) is 26.8. The SMILES string of the molecule is Fc1ccccc1-c1cccc(-c2ccccc2F)c1-c1ccc(C2CCCCC2)c(C2CCCCC2)c1P. The molecule has 0 spiro atoms. The molecule has 0 amide bonds. The Balaban J connectivity index is 1.63. The van der Waals surface area contributed by atoms with Gasteiger partial charge in [-0.05, 0) is 88.3 Å². The smallest absolute Gasteiger partial charge is 0.131 e. The second-order valence-corrected chi connectivity index (χ2v) is 12.0. The maximum absolute atomic E-state index is 15.3. The Bertz CT molecular complexity index is 1400. The topological polar surface area (TPSA) is 0 Å². The second kappa shape index (κ2) is 11.7. The quantitative estimate of drug-likeness (QED) is 0.222. The lowest BCUT2D eigenvalue weighted by Crippen LogP contribution is -2.20. The molecule has 4 aromatic rings. The van der Waals surface area contributed by atoms with Crippen molar-refractivity contribution >= 4 is 14.5 Å². The van der Waals surface area contributed by atoms with E-state index in [1.165, 1.54) is 92.8 Å². The maximum atomic E-state index is 15.3. The molecule has 2 saturated carbocycles. The Kier molecular flexibility index (Phi) is 7.94. The van der Waals surface area contributed by atoms with Crippen LogP contribution in [0, 0.1) is 11.6 Å². The first-order chi connectivity index (χ1) is 19.1. The van der Waals surface area contributed by atoms with Gasteiger partial charge in [0.15, 0.2) is 0 Å². The normalized spacial score (nSPS) is 16.9. The van der Waals surface area contributed by atoms with Gasteiger partial charge in [0, 0.05) is 11.1 Å². The van der Waals surface area contributed by atoms with Crippen LogP contribution in [0.3, 0.4) is 0 Å². The van der Waals surface area contributed by atoms with Crippen LogP contribution in [0.5, 0.6) is 0 Å². The zero-order valence-electron chi connectivity index (χ0n) is 22.6. The van der Waals surface area contributed by atoms with Crippen molar-refractivity contribution in [2.45, 2.75) is 76.0 Å². The summed E-state index contributed by atoms with van der Waals surface area (Å²) in [7, 11) is 3.10. The predicted octanol–water partition coefficient (Wildman–Crippen LogP) is 10.6. The van der Waals surface area contributed by atoms with Crippen LogP contribution in [-0.2, 0) is 0 Å². The molecule has 0 aromatic heterocycles. The zero-order valence-corrected chi connectivity index (χ0v) is 23.7. The van der Waals surface area contributed by atoms with Gasteiger partial charge < -0.3 is 0 Å². The minimum atomic E-state index is -0.263. The lowest BCUT2D eigenvalue weighted by Gasteiger charge is -2.32. The average Bonchev–Trinajstić information content (AvgIpc) is 2.98. The highest BCUT2D eigenvalue weighted by Gasteiger charge is 2.28. The van der Waals surface area contributed by atoms with E-state index in [1.807, 2.05) is 42.5 Å². The highest BCUT2D eigenvalue weighted by Crippen LogP contribution is 2.46. The van der Waals surface area contributed by atoms with E-state index in [0.29, 0.717) is 23.0 Å². The summed E-state index contributed by atoms with van der Waals surface area (Å²) in [6.07, 6.45) is 12.8. The van der Waals surface area contributed by atoms with Crippen molar-refractivity contribution in [3.63, 3.8) is 0 Å². The maximum Gasteiger partial charge on any atom is 0.131 e. The summed E-state index contributed by atoms with van der Waals surface area (Å²) in [5, 5.41) is 1.21. The van der Waals surface area contributed by atoms with Crippen LogP contribution in [0.15, 0.2) is 78.9 Å². The molecule has 0 radical (unpaired) electrons. The summed E-state index contributed by atoms with van der Waals surface area (Å²) >= 11 is 0. The van der Waals surface area contributed by atoms with Gasteiger partial charge in [0.1, 0.15) is 11.6 Å². The van der Waals surface area contributed by atoms with Crippen molar-refractivity contribution in [3.8, 4) is 33.4 Å². The van der Waals surface area contributed by atoms with Gasteiger partial charge >= 0.3 is 0 Å². The van der Waals surface area contributed by atoms with Gasteiger partial charge in [-0.15, -0.1) is 9.24 Å². The number of hydrogen-bond acceptors (Lipinski definition) is 0. The summed E-state index contributed by atoms with van der Waals surface area (Å²) in [6, 6.07) is 24.4. The second-order valence-electron chi connectivity index (χ2n) is 11.4. The molecule has 0 saturated heterocycles. The van der Waals surface area contributed by atoms with Crippen molar-refractivity contribution < 1.29 is 8.78 Å². The lowest BCUT2D eigenvalue weighted by molar-refractivity contribution is 0.420. The van der Waals surface area contributed by atoms with Gasteiger partial charge in [0.05, 0.1) is 0 Å². The summed E-state index contributed by atoms with van der Waals surface area (Å²) in [5.74, 6) is 0.625. The molecular formula is C36H37F2P. The Morgan fingerprint density at radius 2 is 0.974 bits per heavy atom. The summed E-state index contributed by atoms with van der Waals surface area (Å²) in [4.78, 5) is 0. The molecule has 4 aromatic carbocycles. The molecule has 3 heteroatoms. The fourth-order valence-corrected chi connectivity index (χ4v) is 7.78. The van der Waals surface area contributed by atoms with Gasteiger partial charge in [-0.2, -0.15) is 0 Å². The molecule has 0 heterocycles. The summed E-state index contributed by atoms with van der Waals surface area (Å²) in [6.45, 7) is 0. The van der Waals surface area contributed by atoms with Crippen LogP contribution in [0.2, 0.25) is 0 Å². The van der Waals surface area contributed by atoms with E-state index in [2.05, 4.69) is 21.4 Å². The molecule has 0 N–H and O–H groups in total. The molecule has 1 atom stereocenters. The molecule has 2 aliphatic carbocycles. The minimum Gasteiger partial charge on any atom is -0.206 e. The molecule has 200 valence electrons. The fourth-order valence-electron chi connectivity index (χ4n) is 7.14. The third-order valence-electron chi connectivity index (χ3n) is 9.04. The number of rotatable bonds is 5. The van der Waals surface area contributed by atoms with Gasteiger partial charge in [0.2, 0.25) is 0 Å². The van der Waals surface area contributed by atoms with E-state index in [4.69, 9.17) is 0 Å². The van der Waals surface area contributed by atoms with E-state index in [9.17, 15) is 0 Å². The standard InChI is InChI=1S/C36H37F2P/c37-32-20-9-7-16-27(32)29-18-11-19-30(28-17-8-10-21-33(28)38)35(29)31-23-22-26(24-12-3-1-4-13-24)34(36(31)39)25-14-5-2-6-15-25/h7-11,16-25H,1-6,12-15,39H2. The predicted molar refractivity (Wildman–Crippen MR) is 164 cm³/mol. The van der Waals surface area contributed by atoms with Crippen molar-refractivity contribution in [3.05, 3.63) is 102 Å². The molecule has 0 nitrogen and oxygen atoms in total. The van der Waals surface area contributed by atoms with Crippen LogP contribution >= 0.6 is 9.24 Å². The number of benzene rings is 4. The molecule has 2 fully saturated rings. The molecule has 1 unspecified atom stereocenters. The summed E-state index contributed by atoms with van der Waals surface area (Å²) in [5.41, 5.74) is 7.69. The highest BCUT2D eigenvalue weighted by atomic mass is 31.0. The van der Waals surface area contributed by atoms with E-state index in [1.54, 1.807) is 12.1 Å². The van der Waals surface area contributed by atoms with Crippen molar-refractivity contribution in [2.24, 2.45) is 0 Å². The van der Waals surface area contributed by atoms with Gasteiger partial charge in [0.25, 0.3) is 0 Å². The van der Waals surface area contributed by atoms with Crippen LogP contribution in [0.1, 0.15) is 87.2 Å². The number of halogens is 2. The third kappa shape index (κ3) is 5.21. The Morgan fingerprint density at radius 3 is 1.51 bits per heavy atom. The third-order valence-corrected chi connectivity index (χ3v) is 9.66. The largest absolute Gasteiger partial charge is 0.206 e. The van der Waals surface area contributed by atoms with Crippen molar-refractivity contribution in [1.29, 1.82) is 0 Å².